The van der Waals surface area contributed by atoms with E-state index in [4.69, 9.17) is 0 Å². The van der Waals surface area contributed by atoms with Crippen LogP contribution < -0.4 is 0 Å². The maximum absolute atomic E-state index is 15.0. The zero-order valence-corrected chi connectivity index (χ0v) is 20.9. The third-order valence-electron chi connectivity index (χ3n) is 6.91. The first kappa shape index (κ1) is 27.2. The van der Waals surface area contributed by atoms with Crippen LogP contribution in [-0.4, -0.2) is 0 Å². The molecule has 30 heavy (non-hydrogen) atoms. The molecule has 0 N–H and O–H groups in total. The molecular weight excluding hydrogens is 367 g/mol. The second kappa shape index (κ2) is 16.8. The van der Waals surface area contributed by atoms with E-state index in [0.29, 0.717) is 5.92 Å². The van der Waals surface area contributed by atoms with E-state index in [0.717, 1.165) is 43.1 Å². The van der Waals surface area contributed by atoms with E-state index >= 15 is 4.39 Å². The van der Waals surface area contributed by atoms with E-state index in [1.165, 1.54) is 76.2 Å². The van der Waals surface area contributed by atoms with Gasteiger partial charge in [0.15, 0.2) is 0 Å². The molecular formula is C29H51F. The van der Waals surface area contributed by atoms with Gasteiger partial charge in [-0.1, -0.05) is 117 Å². The van der Waals surface area contributed by atoms with Crippen LogP contribution in [0.3, 0.4) is 0 Å². The Morgan fingerprint density at radius 3 is 2.03 bits per heavy atom. The molecule has 0 amide bonds. The number of aryl methyl sites for hydroxylation is 1. The van der Waals surface area contributed by atoms with Gasteiger partial charge in [-0.2, -0.15) is 0 Å². The molecule has 1 aromatic carbocycles. The molecule has 3 atom stereocenters. The van der Waals surface area contributed by atoms with E-state index in [9.17, 15) is 0 Å². The molecule has 0 saturated heterocycles. The van der Waals surface area contributed by atoms with Crippen LogP contribution in [0.15, 0.2) is 18.2 Å². The van der Waals surface area contributed by atoms with E-state index in [1.54, 1.807) is 0 Å². The molecule has 1 aromatic rings. The monoisotopic (exact) mass is 418 g/mol. The van der Waals surface area contributed by atoms with Gasteiger partial charge in [0, 0.05) is 0 Å². The first-order valence-electron chi connectivity index (χ1n) is 13.3. The SMILES string of the molecule is CCCCC(CCC)CCCC(CCC)c1ccc(CCCC(C)CCC)cc1F. The smallest absolute Gasteiger partial charge is 0.126 e. The average molecular weight is 419 g/mol. The first-order chi connectivity index (χ1) is 14.5. The van der Waals surface area contributed by atoms with E-state index in [2.05, 4.69) is 46.8 Å². The lowest BCUT2D eigenvalue weighted by Crippen LogP contribution is -2.06. The fourth-order valence-corrected chi connectivity index (χ4v) is 5.14. The quantitative estimate of drug-likeness (QED) is 0.222. The van der Waals surface area contributed by atoms with Crippen molar-refractivity contribution in [1.82, 2.24) is 0 Å². The third-order valence-corrected chi connectivity index (χ3v) is 6.91. The minimum atomic E-state index is 0.0450. The maximum Gasteiger partial charge on any atom is 0.126 e. The average Bonchev–Trinajstić information content (AvgIpc) is 2.72. The number of hydrogen-bond donors (Lipinski definition) is 0. The molecule has 0 radical (unpaired) electrons. The molecule has 0 aliphatic carbocycles. The summed E-state index contributed by atoms with van der Waals surface area (Å²) < 4.78 is 15.0. The number of benzene rings is 1. The molecule has 0 aliphatic heterocycles. The topological polar surface area (TPSA) is 0 Å². The minimum Gasteiger partial charge on any atom is -0.207 e. The first-order valence-corrected chi connectivity index (χ1v) is 13.3. The summed E-state index contributed by atoms with van der Waals surface area (Å²) in [5.74, 6) is 2.10. The van der Waals surface area contributed by atoms with Gasteiger partial charge in [-0.15, -0.1) is 0 Å². The summed E-state index contributed by atoms with van der Waals surface area (Å²) in [4.78, 5) is 0. The molecule has 0 saturated carbocycles. The van der Waals surface area contributed by atoms with Crippen molar-refractivity contribution in [2.24, 2.45) is 11.8 Å². The van der Waals surface area contributed by atoms with Gasteiger partial charge in [0.05, 0.1) is 0 Å². The van der Waals surface area contributed by atoms with Crippen molar-refractivity contribution in [3.05, 3.63) is 35.1 Å². The molecule has 0 aliphatic rings. The number of unbranched alkanes of at least 4 members (excludes halogenated alkanes) is 1. The molecule has 0 bridgehead atoms. The molecule has 0 nitrogen and oxygen atoms in total. The highest BCUT2D eigenvalue weighted by molar-refractivity contribution is 5.27. The predicted molar refractivity (Wildman–Crippen MR) is 133 cm³/mol. The van der Waals surface area contributed by atoms with Gasteiger partial charge in [0.1, 0.15) is 5.82 Å². The summed E-state index contributed by atoms with van der Waals surface area (Å²) in [6.07, 6.45) is 18.7. The second-order valence-electron chi connectivity index (χ2n) is 9.86. The highest BCUT2D eigenvalue weighted by Crippen LogP contribution is 2.32. The molecule has 0 heterocycles. The Morgan fingerprint density at radius 2 is 1.40 bits per heavy atom. The molecule has 1 rings (SSSR count). The number of hydrogen-bond acceptors (Lipinski definition) is 0. The highest BCUT2D eigenvalue weighted by atomic mass is 19.1. The normalized spacial score (nSPS) is 14.6. The molecule has 3 unspecified atom stereocenters. The lowest BCUT2D eigenvalue weighted by atomic mass is 9.85. The van der Waals surface area contributed by atoms with Gasteiger partial charge in [-0.3, -0.25) is 0 Å². The largest absolute Gasteiger partial charge is 0.207 e. The molecule has 0 spiro atoms. The van der Waals surface area contributed by atoms with Crippen molar-refractivity contribution in [3.8, 4) is 0 Å². The van der Waals surface area contributed by atoms with Crippen LogP contribution in [0.4, 0.5) is 4.39 Å². The lowest BCUT2D eigenvalue weighted by Gasteiger charge is -2.21. The molecule has 1 heteroatoms. The van der Waals surface area contributed by atoms with Crippen molar-refractivity contribution in [3.63, 3.8) is 0 Å². The van der Waals surface area contributed by atoms with Crippen molar-refractivity contribution in [1.29, 1.82) is 0 Å². The van der Waals surface area contributed by atoms with Crippen LogP contribution in [0, 0.1) is 17.7 Å². The Hall–Kier alpha value is -0.850. The van der Waals surface area contributed by atoms with E-state index < -0.39 is 0 Å². The van der Waals surface area contributed by atoms with Crippen LogP contribution in [0.25, 0.3) is 0 Å². The van der Waals surface area contributed by atoms with Crippen molar-refractivity contribution < 1.29 is 4.39 Å². The molecule has 0 fully saturated rings. The Balaban J connectivity index is 2.61. The summed E-state index contributed by atoms with van der Waals surface area (Å²) in [6.45, 7) is 11.4. The van der Waals surface area contributed by atoms with Crippen LogP contribution >= 0.6 is 0 Å². The van der Waals surface area contributed by atoms with Crippen molar-refractivity contribution in [2.75, 3.05) is 0 Å². The van der Waals surface area contributed by atoms with Gasteiger partial charge >= 0.3 is 0 Å². The van der Waals surface area contributed by atoms with Gasteiger partial charge in [-0.25, -0.2) is 4.39 Å². The Kier molecular flexibility index (Phi) is 15.2. The van der Waals surface area contributed by atoms with Crippen molar-refractivity contribution in [2.45, 2.75) is 137 Å². The van der Waals surface area contributed by atoms with Crippen LogP contribution in [-0.2, 0) is 6.42 Å². The maximum atomic E-state index is 15.0. The summed E-state index contributed by atoms with van der Waals surface area (Å²) in [7, 11) is 0. The molecule has 174 valence electrons. The Morgan fingerprint density at radius 1 is 0.700 bits per heavy atom. The Labute approximate surface area is 188 Å². The van der Waals surface area contributed by atoms with Crippen LogP contribution in [0.2, 0.25) is 0 Å². The van der Waals surface area contributed by atoms with Crippen molar-refractivity contribution >= 4 is 0 Å². The standard InChI is InChI=1S/C29H51F/c1-6-10-17-25(14-8-3)18-12-20-27(15-9-4)28-22-21-26(23-29(28)30)19-11-16-24(5)13-7-2/h21-25,27H,6-20H2,1-5H3. The summed E-state index contributed by atoms with van der Waals surface area (Å²) in [6, 6.07) is 6.15. The van der Waals surface area contributed by atoms with Gasteiger partial charge in [0.2, 0.25) is 0 Å². The van der Waals surface area contributed by atoms with Gasteiger partial charge < -0.3 is 0 Å². The Bertz CT molecular complexity index is 535. The fourth-order valence-electron chi connectivity index (χ4n) is 5.14. The minimum absolute atomic E-state index is 0.0450. The van der Waals surface area contributed by atoms with E-state index in [1.807, 2.05) is 6.07 Å². The van der Waals surface area contributed by atoms with Crippen LogP contribution in [0.1, 0.15) is 142 Å². The number of halogens is 1. The fraction of sp³-hybridized carbons (Fsp3) is 0.793. The summed E-state index contributed by atoms with van der Waals surface area (Å²) in [5, 5.41) is 0. The summed E-state index contributed by atoms with van der Waals surface area (Å²) >= 11 is 0. The molecule has 0 aromatic heterocycles. The van der Waals surface area contributed by atoms with Gasteiger partial charge in [-0.05, 0) is 60.6 Å². The lowest BCUT2D eigenvalue weighted by molar-refractivity contribution is 0.374. The predicted octanol–water partition coefficient (Wildman–Crippen LogP) is 10.2. The zero-order chi connectivity index (χ0) is 22.2. The third kappa shape index (κ3) is 11.0. The number of rotatable bonds is 18. The van der Waals surface area contributed by atoms with E-state index in [-0.39, 0.29) is 5.82 Å². The second-order valence-corrected chi connectivity index (χ2v) is 9.86. The zero-order valence-electron chi connectivity index (χ0n) is 20.9. The van der Waals surface area contributed by atoms with Gasteiger partial charge in [0.25, 0.3) is 0 Å². The summed E-state index contributed by atoms with van der Waals surface area (Å²) in [5.41, 5.74) is 2.15. The van der Waals surface area contributed by atoms with Crippen LogP contribution in [0.5, 0.6) is 0 Å². The highest BCUT2D eigenvalue weighted by Gasteiger charge is 2.17.